The van der Waals surface area contributed by atoms with Crippen LogP contribution in [0.15, 0.2) is 36.7 Å². The molecule has 0 saturated heterocycles. The molecule has 0 atom stereocenters. The van der Waals surface area contributed by atoms with E-state index >= 15 is 0 Å². The molecule has 17 heavy (non-hydrogen) atoms. The lowest BCUT2D eigenvalue weighted by Crippen LogP contribution is -2.08. The molecule has 0 bridgehead atoms. The SMILES string of the molecule is CN(C)c1cccc(Nc2cncc(N)n2)c1. The highest BCUT2D eigenvalue weighted by atomic mass is 15.1. The Morgan fingerprint density at radius 3 is 2.76 bits per heavy atom. The van der Waals surface area contributed by atoms with Gasteiger partial charge in [0.15, 0.2) is 5.82 Å². The minimum atomic E-state index is 0.402. The van der Waals surface area contributed by atoms with Gasteiger partial charge < -0.3 is 16.0 Å². The number of nitrogen functional groups attached to an aromatic ring is 1. The molecule has 0 spiro atoms. The minimum Gasteiger partial charge on any atom is -0.382 e. The minimum absolute atomic E-state index is 0.402. The second-order valence-electron chi connectivity index (χ2n) is 3.90. The first kappa shape index (κ1) is 11.2. The topological polar surface area (TPSA) is 67.1 Å². The van der Waals surface area contributed by atoms with Gasteiger partial charge in [-0.3, -0.25) is 4.98 Å². The first-order valence-corrected chi connectivity index (χ1v) is 5.27. The fraction of sp³-hybridized carbons (Fsp3) is 0.167. The molecule has 0 aliphatic carbocycles. The molecular formula is C12H15N5. The number of aromatic nitrogens is 2. The Hall–Kier alpha value is -2.30. The fourth-order valence-electron chi connectivity index (χ4n) is 1.45. The van der Waals surface area contributed by atoms with E-state index in [2.05, 4.69) is 15.3 Å². The summed E-state index contributed by atoms with van der Waals surface area (Å²) >= 11 is 0. The standard InChI is InChI=1S/C12H15N5/c1-17(2)10-5-3-4-9(6-10)15-12-8-14-7-11(13)16-12/h3-8H,1-2H3,(H3,13,15,16). The first-order valence-electron chi connectivity index (χ1n) is 5.27. The highest BCUT2D eigenvalue weighted by molar-refractivity contribution is 5.63. The van der Waals surface area contributed by atoms with Gasteiger partial charge in [-0.2, -0.15) is 0 Å². The summed E-state index contributed by atoms with van der Waals surface area (Å²) < 4.78 is 0. The zero-order valence-corrected chi connectivity index (χ0v) is 9.88. The number of nitrogens with two attached hydrogens (primary N) is 1. The van der Waals surface area contributed by atoms with E-state index in [-0.39, 0.29) is 0 Å². The second kappa shape index (κ2) is 4.69. The molecule has 5 nitrogen and oxygen atoms in total. The Morgan fingerprint density at radius 2 is 2.06 bits per heavy atom. The predicted octanol–water partition coefficient (Wildman–Crippen LogP) is 1.87. The Bertz CT molecular complexity index is 510. The summed E-state index contributed by atoms with van der Waals surface area (Å²) in [6.45, 7) is 0. The van der Waals surface area contributed by atoms with Crippen molar-refractivity contribution in [2.24, 2.45) is 0 Å². The highest BCUT2D eigenvalue weighted by Gasteiger charge is 2.00. The quantitative estimate of drug-likeness (QED) is 0.841. The van der Waals surface area contributed by atoms with Crippen LogP contribution in [0.3, 0.4) is 0 Å². The molecule has 0 radical (unpaired) electrons. The number of hydrogen-bond acceptors (Lipinski definition) is 5. The van der Waals surface area contributed by atoms with Crippen LogP contribution in [0.5, 0.6) is 0 Å². The zero-order chi connectivity index (χ0) is 12.3. The number of anilines is 4. The van der Waals surface area contributed by atoms with Gasteiger partial charge in [-0.25, -0.2) is 4.98 Å². The Morgan fingerprint density at radius 1 is 1.24 bits per heavy atom. The Balaban J connectivity index is 2.21. The van der Waals surface area contributed by atoms with E-state index in [1.807, 2.05) is 43.3 Å². The van der Waals surface area contributed by atoms with E-state index < -0.39 is 0 Å². The lowest BCUT2D eigenvalue weighted by atomic mass is 10.2. The average Bonchev–Trinajstić information content (AvgIpc) is 2.29. The summed E-state index contributed by atoms with van der Waals surface area (Å²) in [5.41, 5.74) is 7.64. The van der Waals surface area contributed by atoms with Crippen molar-refractivity contribution in [1.29, 1.82) is 0 Å². The predicted molar refractivity (Wildman–Crippen MR) is 70.5 cm³/mol. The van der Waals surface area contributed by atoms with Crippen LogP contribution in [0.1, 0.15) is 0 Å². The van der Waals surface area contributed by atoms with Gasteiger partial charge in [-0.15, -0.1) is 0 Å². The van der Waals surface area contributed by atoms with Gasteiger partial charge in [0.2, 0.25) is 0 Å². The first-order chi connectivity index (χ1) is 8.15. The molecule has 0 saturated carbocycles. The summed E-state index contributed by atoms with van der Waals surface area (Å²) in [7, 11) is 4.00. The third kappa shape index (κ3) is 2.84. The van der Waals surface area contributed by atoms with E-state index in [1.165, 1.54) is 6.20 Å². The smallest absolute Gasteiger partial charge is 0.151 e. The monoisotopic (exact) mass is 229 g/mol. The number of nitrogens with one attached hydrogen (secondary N) is 1. The van der Waals surface area contributed by atoms with E-state index in [1.54, 1.807) is 6.20 Å². The molecule has 0 aliphatic rings. The van der Waals surface area contributed by atoms with E-state index in [4.69, 9.17) is 5.73 Å². The van der Waals surface area contributed by atoms with Crippen LogP contribution >= 0.6 is 0 Å². The van der Waals surface area contributed by atoms with E-state index in [0.29, 0.717) is 11.6 Å². The van der Waals surface area contributed by atoms with Crippen molar-refractivity contribution in [1.82, 2.24) is 9.97 Å². The molecule has 88 valence electrons. The largest absolute Gasteiger partial charge is 0.382 e. The third-order valence-corrected chi connectivity index (χ3v) is 2.29. The van der Waals surface area contributed by atoms with Gasteiger partial charge in [-0.1, -0.05) is 6.07 Å². The molecule has 2 rings (SSSR count). The van der Waals surface area contributed by atoms with Crippen molar-refractivity contribution in [2.75, 3.05) is 30.0 Å². The number of benzene rings is 1. The van der Waals surface area contributed by atoms with Gasteiger partial charge in [0.1, 0.15) is 5.82 Å². The maximum absolute atomic E-state index is 5.57. The van der Waals surface area contributed by atoms with E-state index in [9.17, 15) is 0 Å². The molecule has 1 heterocycles. The summed E-state index contributed by atoms with van der Waals surface area (Å²) in [5, 5.41) is 3.16. The van der Waals surface area contributed by atoms with Crippen molar-refractivity contribution < 1.29 is 0 Å². The zero-order valence-electron chi connectivity index (χ0n) is 9.88. The van der Waals surface area contributed by atoms with E-state index in [0.717, 1.165) is 11.4 Å². The Kier molecular flexibility index (Phi) is 3.09. The van der Waals surface area contributed by atoms with Crippen LogP contribution in [0.25, 0.3) is 0 Å². The van der Waals surface area contributed by atoms with Crippen LogP contribution in [0, 0.1) is 0 Å². The van der Waals surface area contributed by atoms with Crippen LogP contribution < -0.4 is 16.0 Å². The molecule has 0 unspecified atom stereocenters. The lowest BCUT2D eigenvalue weighted by Gasteiger charge is -2.14. The lowest BCUT2D eigenvalue weighted by molar-refractivity contribution is 1.13. The highest BCUT2D eigenvalue weighted by Crippen LogP contribution is 2.20. The van der Waals surface area contributed by atoms with Crippen LogP contribution in [0.4, 0.5) is 23.0 Å². The second-order valence-corrected chi connectivity index (χ2v) is 3.90. The van der Waals surface area contributed by atoms with Gasteiger partial charge in [0.05, 0.1) is 12.4 Å². The molecule has 5 heteroatoms. The molecule has 2 aromatic rings. The normalized spacial score (nSPS) is 10.0. The van der Waals surface area contributed by atoms with Gasteiger partial charge in [-0.05, 0) is 18.2 Å². The van der Waals surface area contributed by atoms with Crippen molar-refractivity contribution >= 4 is 23.0 Å². The number of rotatable bonds is 3. The molecule has 1 aromatic heterocycles. The van der Waals surface area contributed by atoms with Crippen molar-refractivity contribution in [3.63, 3.8) is 0 Å². The maximum Gasteiger partial charge on any atom is 0.151 e. The molecule has 1 aromatic carbocycles. The summed E-state index contributed by atoms with van der Waals surface area (Å²) in [6, 6.07) is 8.02. The summed E-state index contributed by atoms with van der Waals surface area (Å²) in [6.07, 6.45) is 3.15. The van der Waals surface area contributed by atoms with Crippen LogP contribution in [0.2, 0.25) is 0 Å². The van der Waals surface area contributed by atoms with Crippen molar-refractivity contribution in [2.45, 2.75) is 0 Å². The van der Waals surface area contributed by atoms with Gasteiger partial charge >= 0.3 is 0 Å². The fourth-order valence-corrected chi connectivity index (χ4v) is 1.45. The van der Waals surface area contributed by atoms with Crippen molar-refractivity contribution in [3.8, 4) is 0 Å². The Labute approximate surface area is 100 Å². The molecule has 0 amide bonds. The molecular weight excluding hydrogens is 214 g/mol. The molecule has 3 N–H and O–H groups in total. The molecule has 0 fully saturated rings. The van der Waals surface area contributed by atoms with Crippen LogP contribution in [-0.2, 0) is 0 Å². The third-order valence-electron chi connectivity index (χ3n) is 2.29. The summed E-state index contributed by atoms with van der Waals surface area (Å²) in [5.74, 6) is 1.04. The number of hydrogen-bond donors (Lipinski definition) is 2. The molecule has 0 aliphatic heterocycles. The van der Waals surface area contributed by atoms with Gasteiger partial charge in [0, 0.05) is 25.5 Å². The van der Waals surface area contributed by atoms with Crippen molar-refractivity contribution in [3.05, 3.63) is 36.7 Å². The maximum atomic E-state index is 5.57. The summed E-state index contributed by atoms with van der Waals surface area (Å²) in [4.78, 5) is 10.1. The van der Waals surface area contributed by atoms with Gasteiger partial charge in [0.25, 0.3) is 0 Å². The average molecular weight is 229 g/mol. The van der Waals surface area contributed by atoms with Crippen LogP contribution in [-0.4, -0.2) is 24.1 Å². The number of nitrogens with zero attached hydrogens (tertiary/aromatic N) is 3.